The number of allylic oxidation sites excluding steroid dienone is 2. The van der Waals surface area contributed by atoms with Crippen molar-refractivity contribution in [3.63, 3.8) is 0 Å². The normalized spacial score (nSPS) is 21.2. The first-order valence-electron chi connectivity index (χ1n) is 9.60. The fourth-order valence-corrected chi connectivity index (χ4v) is 4.23. The molecule has 0 fully saturated rings. The van der Waals surface area contributed by atoms with E-state index in [2.05, 4.69) is 62.1 Å². The van der Waals surface area contributed by atoms with E-state index in [1.54, 1.807) is 12.1 Å². The van der Waals surface area contributed by atoms with Crippen molar-refractivity contribution in [2.24, 2.45) is 10.1 Å². The van der Waals surface area contributed by atoms with Gasteiger partial charge >= 0.3 is 0 Å². The van der Waals surface area contributed by atoms with Crippen molar-refractivity contribution < 1.29 is 8.42 Å². The standard InChI is InChI=1S/C23H25N3O2S/c1-23(2,3)17-10-12-18(13-11-17)26-21-7-5-4-6-20(21)25-22(26)16-8-14-19(15-9-16)29(24,27)28/h4-15,20-21H,1-3H3,(H2,24,27,28). The molecule has 1 aliphatic carbocycles. The molecule has 0 radical (unpaired) electrons. The van der Waals surface area contributed by atoms with Crippen LogP contribution in [-0.4, -0.2) is 26.3 Å². The first kappa shape index (κ1) is 19.6. The lowest BCUT2D eigenvalue weighted by molar-refractivity contribution is 0.590. The summed E-state index contributed by atoms with van der Waals surface area (Å²) in [4.78, 5) is 7.23. The van der Waals surface area contributed by atoms with Crippen LogP contribution in [0.5, 0.6) is 0 Å². The number of amidine groups is 1. The SMILES string of the molecule is CC(C)(C)c1ccc(N2C(c3ccc(S(N)(=O)=O)cc3)=NC3C=CC=CC32)cc1. The summed E-state index contributed by atoms with van der Waals surface area (Å²) in [5.74, 6) is 0.820. The van der Waals surface area contributed by atoms with Gasteiger partial charge in [-0.2, -0.15) is 0 Å². The van der Waals surface area contributed by atoms with Crippen LogP contribution in [0.15, 0.2) is 82.7 Å². The Hall–Kier alpha value is -2.70. The summed E-state index contributed by atoms with van der Waals surface area (Å²) in [5.41, 5.74) is 3.26. The average Bonchev–Trinajstić information content (AvgIpc) is 3.06. The molecule has 29 heavy (non-hydrogen) atoms. The quantitative estimate of drug-likeness (QED) is 0.842. The van der Waals surface area contributed by atoms with Crippen LogP contribution in [0.2, 0.25) is 0 Å². The second-order valence-electron chi connectivity index (χ2n) is 8.44. The molecule has 2 aliphatic rings. The minimum atomic E-state index is -3.72. The largest absolute Gasteiger partial charge is 0.317 e. The van der Waals surface area contributed by atoms with Gasteiger partial charge in [-0.1, -0.05) is 57.2 Å². The van der Waals surface area contributed by atoms with Crippen molar-refractivity contribution in [3.05, 3.63) is 84.0 Å². The minimum absolute atomic E-state index is 0.0233. The third-order valence-electron chi connectivity index (χ3n) is 5.33. The number of rotatable bonds is 3. The molecule has 0 amide bonds. The summed E-state index contributed by atoms with van der Waals surface area (Å²) in [7, 11) is -3.72. The van der Waals surface area contributed by atoms with Crippen LogP contribution in [0.25, 0.3) is 0 Å². The van der Waals surface area contributed by atoms with Gasteiger partial charge in [0.25, 0.3) is 0 Å². The van der Waals surface area contributed by atoms with E-state index < -0.39 is 10.0 Å². The molecule has 2 N–H and O–H groups in total. The van der Waals surface area contributed by atoms with Gasteiger partial charge in [0.1, 0.15) is 5.84 Å². The Bertz CT molecular complexity index is 1110. The number of hydrogen-bond donors (Lipinski definition) is 1. The van der Waals surface area contributed by atoms with E-state index in [0.717, 1.165) is 17.1 Å². The highest BCUT2D eigenvalue weighted by Gasteiger charge is 2.35. The zero-order chi connectivity index (χ0) is 20.8. The second kappa shape index (κ2) is 6.97. The molecule has 2 unspecified atom stereocenters. The number of nitrogens with zero attached hydrogens (tertiary/aromatic N) is 2. The summed E-state index contributed by atoms with van der Waals surface area (Å²) in [6.07, 6.45) is 8.29. The summed E-state index contributed by atoms with van der Waals surface area (Å²) in [6.45, 7) is 6.59. The van der Waals surface area contributed by atoms with E-state index >= 15 is 0 Å². The Balaban J connectivity index is 1.75. The van der Waals surface area contributed by atoms with Gasteiger partial charge < -0.3 is 4.90 Å². The number of nitrogens with two attached hydrogens (primary N) is 1. The lowest BCUT2D eigenvalue weighted by Gasteiger charge is -2.29. The lowest BCUT2D eigenvalue weighted by Crippen LogP contribution is -2.39. The smallest absolute Gasteiger partial charge is 0.238 e. The molecule has 2 aromatic carbocycles. The molecule has 0 aromatic heterocycles. The zero-order valence-corrected chi connectivity index (χ0v) is 17.6. The maximum atomic E-state index is 11.6. The van der Waals surface area contributed by atoms with Gasteiger partial charge in [0.05, 0.1) is 17.0 Å². The molecule has 0 saturated heterocycles. The number of benzene rings is 2. The van der Waals surface area contributed by atoms with Gasteiger partial charge in [0, 0.05) is 11.3 Å². The first-order valence-corrected chi connectivity index (χ1v) is 11.1. The highest BCUT2D eigenvalue weighted by molar-refractivity contribution is 7.89. The van der Waals surface area contributed by atoms with Crippen LogP contribution >= 0.6 is 0 Å². The molecular formula is C23H25N3O2S. The van der Waals surface area contributed by atoms with Crippen LogP contribution in [0, 0.1) is 0 Å². The Labute approximate surface area is 172 Å². The molecule has 0 spiro atoms. The lowest BCUT2D eigenvalue weighted by atomic mass is 9.87. The Morgan fingerprint density at radius 1 is 0.931 bits per heavy atom. The van der Waals surface area contributed by atoms with Crippen molar-refractivity contribution in [1.29, 1.82) is 0 Å². The third-order valence-corrected chi connectivity index (χ3v) is 6.26. The monoisotopic (exact) mass is 407 g/mol. The van der Waals surface area contributed by atoms with Crippen molar-refractivity contribution in [3.8, 4) is 0 Å². The van der Waals surface area contributed by atoms with Gasteiger partial charge in [-0.25, -0.2) is 13.6 Å². The summed E-state index contributed by atoms with van der Waals surface area (Å²) in [5, 5.41) is 5.24. The van der Waals surface area contributed by atoms with E-state index in [0.29, 0.717) is 0 Å². The predicted molar refractivity (Wildman–Crippen MR) is 118 cm³/mol. The van der Waals surface area contributed by atoms with Gasteiger partial charge in [-0.05, 0) is 47.4 Å². The van der Waals surface area contributed by atoms with Gasteiger partial charge in [-0.15, -0.1) is 0 Å². The van der Waals surface area contributed by atoms with Crippen LogP contribution in [0.4, 0.5) is 5.69 Å². The highest BCUT2D eigenvalue weighted by atomic mass is 32.2. The maximum absolute atomic E-state index is 11.6. The first-order chi connectivity index (χ1) is 13.6. The topological polar surface area (TPSA) is 75.8 Å². The fourth-order valence-electron chi connectivity index (χ4n) is 3.71. The van der Waals surface area contributed by atoms with Gasteiger partial charge in [-0.3, -0.25) is 4.99 Å². The van der Waals surface area contributed by atoms with E-state index in [4.69, 9.17) is 10.1 Å². The van der Waals surface area contributed by atoms with Crippen LogP contribution in [0.3, 0.4) is 0 Å². The van der Waals surface area contributed by atoms with Crippen molar-refractivity contribution in [2.45, 2.75) is 43.2 Å². The molecule has 6 heteroatoms. The van der Waals surface area contributed by atoms with Crippen molar-refractivity contribution >= 4 is 21.5 Å². The van der Waals surface area contributed by atoms with Crippen molar-refractivity contribution in [2.75, 3.05) is 4.90 Å². The molecule has 4 rings (SSSR count). The van der Waals surface area contributed by atoms with Crippen molar-refractivity contribution in [1.82, 2.24) is 0 Å². The molecule has 2 aromatic rings. The molecule has 0 bridgehead atoms. The molecule has 1 heterocycles. The molecular weight excluding hydrogens is 382 g/mol. The van der Waals surface area contributed by atoms with Gasteiger partial charge in [0.15, 0.2) is 0 Å². The minimum Gasteiger partial charge on any atom is -0.317 e. The number of primary sulfonamides is 1. The van der Waals surface area contributed by atoms with Crippen LogP contribution in [-0.2, 0) is 15.4 Å². The summed E-state index contributed by atoms with van der Waals surface area (Å²) in [6, 6.07) is 15.3. The number of hydrogen-bond acceptors (Lipinski definition) is 4. The summed E-state index contributed by atoms with van der Waals surface area (Å²) >= 11 is 0. The van der Waals surface area contributed by atoms with Gasteiger partial charge in [0.2, 0.25) is 10.0 Å². The second-order valence-corrected chi connectivity index (χ2v) is 10.0. The number of aliphatic imine (C=N–C) groups is 1. The van der Waals surface area contributed by atoms with E-state index in [1.807, 2.05) is 12.2 Å². The third kappa shape index (κ3) is 3.78. The van der Waals surface area contributed by atoms with E-state index in [-0.39, 0.29) is 22.4 Å². The molecule has 5 nitrogen and oxygen atoms in total. The highest BCUT2D eigenvalue weighted by Crippen LogP contribution is 2.33. The molecule has 2 atom stereocenters. The predicted octanol–water partition coefficient (Wildman–Crippen LogP) is 3.76. The molecule has 150 valence electrons. The summed E-state index contributed by atoms with van der Waals surface area (Å²) < 4.78 is 23.2. The molecule has 1 aliphatic heterocycles. The Morgan fingerprint density at radius 3 is 2.14 bits per heavy atom. The number of anilines is 1. The van der Waals surface area contributed by atoms with Crippen LogP contribution in [0.1, 0.15) is 31.9 Å². The fraction of sp³-hybridized carbons (Fsp3) is 0.261. The average molecular weight is 408 g/mol. The van der Waals surface area contributed by atoms with Crippen LogP contribution < -0.4 is 10.0 Å². The van der Waals surface area contributed by atoms with E-state index in [1.165, 1.54) is 17.7 Å². The zero-order valence-electron chi connectivity index (χ0n) is 16.8. The number of fused-ring (bicyclic) bond motifs is 1. The number of sulfonamides is 1. The molecule has 0 saturated carbocycles. The maximum Gasteiger partial charge on any atom is 0.238 e. The van der Waals surface area contributed by atoms with E-state index in [9.17, 15) is 8.42 Å². The Morgan fingerprint density at radius 2 is 1.55 bits per heavy atom. The Kier molecular flexibility index (Phi) is 4.71.